The van der Waals surface area contributed by atoms with Gasteiger partial charge in [-0.15, -0.1) is 0 Å². The van der Waals surface area contributed by atoms with E-state index in [2.05, 4.69) is 0 Å². The molecule has 2 aromatic carbocycles. The number of fused-ring (bicyclic) bond motifs is 1. The lowest BCUT2D eigenvalue weighted by Crippen LogP contribution is -2.37. The van der Waals surface area contributed by atoms with Gasteiger partial charge in [-0.05, 0) is 42.8 Å². The monoisotopic (exact) mass is 363 g/mol. The van der Waals surface area contributed by atoms with Crippen molar-refractivity contribution in [3.8, 4) is 11.5 Å². The van der Waals surface area contributed by atoms with E-state index >= 15 is 0 Å². The Hall–Kier alpha value is -2.74. The number of hydrogen-bond donors (Lipinski definition) is 1. The average Bonchev–Trinajstić information content (AvgIpc) is 2.60. The molecule has 0 saturated heterocycles. The molecule has 0 amide bonds. The van der Waals surface area contributed by atoms with Crippen LogP contribution in [-0.4, -0.2) is 39.3 Å². The van der Waals surface area contributed by atoms with Gasteiger partial charge in [-0.3, -0.25) is 4.31 Å². The number of sulfonamides is 1. The van der Waals surface area contributed by atoms with Crippen molar-refractivity contribution in [1.29, 1.82) is 0 Å². The predicted octanol–water partition coefficient (Wildman–Crippen LogP) is 2.05. The van der Waals surface area contributed by atoms with Crippen molar-refractivity contribution in [3.05, 3.63) is 48.0 Å². The molecule has 7 nitrogen and oxygen atoms in total. The highest BCUT2D eigenvalue weighted by Crippen LogP contribution is 2.35. The molecule has 8 heteroatoms. The number of anilines is 1. The Morgan fingerprint density at radius 1 is 1.28 bits per heavy atom. The van der Waals surface area contributed by atoms with Crippen molar-refractivity contribution in [3.63, 3.8) is 0 Å². The van der Waals surface area contributed by atoms with Crippen LogP contribution in [0.25, 0.3) is 0 Å². The molecule has 0 bridgehead atoms. The number of aliphatic carboxylic acids is 1. The maximum atomic E-state index is 13.0. The van der Waals surface area contributed by atoms with Gasteiger partial charge in [0.25, 0.3) is 10.0 Å². The minimum absolute atomic E-state index is 0.115. The zero-order valence-electron chi connectivity index (χ0n) is 13.5. The summed E-state index contributed by atoms with van der Waals surface area (Å²) in [5.74, 6) is -0.236. The van der Waals surface area contributed by atoms with Gasteiger partial charge < -0.3 is 14.6 Å². The Morgan fingerprint density at radius 2 is 2.04 bits per heavy atom. The van der Waals surface area contributed by atoms with Gasteiger partial charge in [0.1, 0.15) is 18.1 Å². The minimum atomic E-state index is -3.76. The molecule has 3 rings (SSSR count). The molecule has 0 fully saturated rings. The van der Waals surface area contributed by atoms with Crippen LogP contribution in [0.5, 0.6) is 11.5 Å². The number of carbonyl (C=O) groups is 1. The molecule has 1 aliphatic rings. The van der Waals surface area contributed by atoms with Crippen LogP contribution in [-0.2, 0) is 14.8 Å². The molecule has 0 atom stereocenters. The number of para-hydroxylation sites is 2. The molecule has 25 heavy (non-hydrogen) atoms. The SMILES string of the molecule is Cc1cc(S(=O)(=O)N2CCOc3ccccc32)ccc1OCC(=O)O. The van der Waals surface area contributed by atoms with E-state index in [-0.39, 0.29) is 18.0 Å². The lowest BCUT2D eigenvalue weighted by Gasteiger charge is -2.30. The standard InChI is InChI=1S/C17H17NO6S/c1-12-10-13(6-7-15(12)24-11-17(19)20)25(21,22)18-8-9-23-16-5-3-2-4-14(16)18/h2-7,10H,8-9,11H2,1H3,(H,19,20). The van der Waals surface area contributed by atoms with E-state index in [0.717, 1.165) is 0 Å². The summed E-state index contributed by atoms with van der Waals surface area (Å²) in [5.41, 5.74) is 1.04. The van der Waals surface area contributed by atoms with Gasteiger partial charge in [-0.1, -0.05) is 12.1 Å². The molecule has 132 valence electrons. The number of rotatable bonds is 5. The third kappa shape index (κ3) is 3.39. The van der Waals surface area contributed by atoms with Gasteiger partial charge in [0.2, 0.25) is 0 Å². The van der Waals surface area contributed by atoms with Crippen LogP contribution in [0, 0.1) is 6.92 Å². The lowest BCUT2D eigenvalue weighted by atomic mass is 10.2. The molecule has 0 radical (unpaired) electrons. The molecule has 0 unspecified atom stereocenters. The smallest absolute Gasteiger partial charge is 0.341 e. The third-order valence-electron chi connectivity index (χ3n) is 3.77. The second kappa shape index (κ2) is 6.64. The first-order valence-corrected chi connectivity index (χ1v) is 9.03. The summed E-state index contributed by atoms with van der Waals surface area (Å²) in [5, 5.41) is 8.67. The van der Waals surface area contributed by atoms with E-state index in [1.165, 1.54) is 22.5 Å². The zero-order valence-corrected chi connectivity index (χ0v) is 14.3. The highest BCUT2D eigenvalue weighted by Gasteiger charge is 2.30. The average molecular weight is 363 g/mol. The summed E-state index contributed by atoms with van der Waals surface area (Å²) in [6.07, 6.45) is 0. The summed E-state index contributed by atoms with van der Waals surface area (Å²) < 4.78 is 38.0. The molecule has 1 aliphatic heterocycles. The number of carboxylic acids is 1. The number of carboxylic acid groups (broad SMARTS) is 1. The number of benzene rings is 2. The molecule has 0 saturated carbocycles. The van der Waals surface area contributed by atoms with Crippen molar-refractivity contribution in [2.24, 2.45) is 0 Å². The van der Waals surface area contributed by atoms with Crippen molar-refractivity contribution >= 4 is 21.7 Å². The molecular formula is C17H17NO6S. The molecule has 1 heterocycles. The fraction of sp³-hybridized carbons (Fsp3) is 0.235. The molecule has 0 aliphatic carbocycles. The molecule has 1 N–H and O–H groups in total. The number of nitrogens with zero attached hydrogens (tertiary/aromatic N) is 1. The van der Waals surface area contributed by atoms with Crippen LogP contribution in [0.15, 0.2) is 47.4 Å². The summed E-state index contributed by atoms with van der Waals surface area (Å²) in [6.45, 7) is 1.68. The van der Waals surface area contributed by atoms with Crippen LogP contribution in [0.3, 0.4) is 0 Å². The number of hydrogen-bond acceptors (Lipinski definition) is 5. The zero-order chi connectivity index (χ0) is 18.0. The number of aryl methyl sites for hydroxylation is 1. The third-order valence-corrected chi connectivity index (χ3v) is 5.58. The summed E-state index contributed by atoms with van der Waals surface area (Å²) >= 11 is 0. The second-order valence-electron chi connectivity index (χ2n) is 5.50. The Morgan fingerprint density at radius 3 is 2.76 bits per heavy atom. The van der Waals surface area contributed by atoms with E-state index in [1.807, 2.05) is 0 Å². The second-order valence-corrected chi connectivity index (χ2v) is 7.37. The summed E-state index contributed by atoms with van der Waals surface area (Å²) in [4.78, 5) is 10.7. The largest absolute Gasteiger partial charge is 0.489 e. The topological polar surface area (TPSA) is 93.1 Å². The maximum absolute atomic E-state index is 13.0. The van der Waals surface area contributed by atoms with Gasteiger partial charge in [-0.25, -0.2) is 13.2 Å². The predicted molar refractivity (Wildman–Crippen MR) is 90.8 cm³/mol. The van der Waals surface area contributed by atoms with Gasteiger partial charge in [0.05, 0.1) is 17.1 Å². The van der Waals surface area contributed by atoms with Crippen LogP contribution in [0.1, 0.15) is 5.56 Å². The van der Waals surface area contributed by atoms with Crippen LogP contribution >= 0.6 is 0 Å². The fourth-order valence-electron chi connectivity index (χ4n) is 2.60. The Balaban J connectivity index is 1.93. The Kier molecular flexibility index (Phi) is 4.54. The normalized spacial score (nSPS) is 13.7. The fourth-order valence-corrected chi connectivity index (χ4v) is 4.15. The van der Waals surface area contributed by atoms with E-state index < -0.39 is 22.6 Å². The van der Waals surface area contributed by atoms with Gasteiger partial charge in [0.15, 0.2) is 6.61 Å². The van der Waals surface area contributed by atoms with Crippen molar-refractivity contribution in [2.75, 3.05) is 24.1 Å². The molecule has 0 aromatic heterocycles. The lowest BCUT2D eigenvalue weighted by molar-refractivity contribution is -0.139. The molecular weight excluding hydrogens is 346 g/mol. The number of ether oxygens (including phenoxy) is 2. The first-order valence-electron chi connectivity index (χ1n) is 7.59. The van der Waals surface area contributed by atoms with Crippen molar-refractivity contribution in [2.45, 2.75) is 11.8 Å². The van der Waals surface area contributed by atoms with Gasteiger partial charge >= 0.3 is 5.97 Å². The quantitative estimate of drug-likeness (QED) is 0.874. The first kappa shape index (κ1) is 17.1. The van der Waals surface area contributed by atoms with Crippen LogP contribution in [0.2, 0.25) is 0 Å². The summed E-state index contributed by atoms with van der Waals surface area (Å²) in [6, 6.07) is 11.3. The van der Waals surface area contributed by atoms with E-state index in [4.69, 9.17) is 14.6 Å². The van der Waals surface area contributed by atoms with Crippen LogP contribution < -0.4 is 13.8 Å². The highest BCUT2D eigenvalue weighted by atomic mass is 32.2. The Bertz CT molecular complexity index is 909. The van der Waals surface area contributed by atoms with Crippen LogP contribution in [0.4, 0.5) is 5.69 Å². The highest BCUT2D eigenvalue weighted by molar-refractivity contribution is 7.92. The van der Waals surface area contributed by atoms with E-state index in [1.54, 1.807) is 31.2 Å². The molecule has 2 aromatic rings. The van der Waals surface area contributed by atoms with Crippen molar-refractivity contribution in [1.82, 2.24) is 0 Å². The molecule has 0 spiro atoms. The van der Waals surface area contributed by atoms with E-state index in [9.17, 15) is 13.2 Å². The maximum Gasteiger partial charge on any atom is 0.341 e. The van der Waals surface area contributed by atoms with Crippen molar-refractivity contribution < 1.29 is 27.8 Å². The minimum Gasteiger partial charge on any atom is -0.489 e. The first-order chi connectivity index (χ1) is 11.9. The Labute approximate surface area is 145 Å². The summed E-state index contributed by atoms with van der Waals surface area (Å²) in [7, 11) is -3.76. The van der Waals surface area contributed by atoms with E-state index in [0.29, 0.717) is 22.7 Å². The van der Waals surface area contributed by atoms with Gasteiger partial charge in [0, 0.05) is 0 Å². The van der Waals surface area contributed by atoms with Gasteiger partial charge in [-0.2, -0.15) is 0 Å².